The smallest absolute Gasteiger partial charge is 0.151 e. The lowest BCUT2D eigenvalue weighted by molar-refractivity contribution is 0.672. The third-order valence-electron chi connectivity index (χ3n) is 1.30. The molecule has 0 radical (unpaired) electrons. The van der Waals surface area contributed by atoms with Crippen molar-refractivity contribution in [1.29, 1.82) is 0 Å². The number of aryl methyl sites for hydroxylation is 1. The molecule has 0 aliphatic carbocycles. The maximum atomic E-state index is 5.64. The van der Waals surface area contributed by atoms with Crippen LogP contribution in [0.1, 0.15) is 5.69 Å². The van der Waals surface area contributed by atoms with Gasteiger partial charge in [-0.3, -0.25) is 4.68 Å². The quantitative estimate of drug-likeness (QED) is 0.692. The molecule has 3 nitrogen and oxygen atoms in total. The van der Waals surface area contributed by atoms with E-state index >= 15 is 0 Å². The fourth-order valence-electron chi connectivity index (χ4n) is 0.814. The molecule has 1 rings (SSSR count). The average Bonchev–Trinajstić information content (AvgIpc) is 2.13. The summed E-state index contributed by atoms with van der Waals surface area (Å²) in [6.07, 6.45) is 0. The second kappa shape index (κ2) is 3.03. The van der Waals surface area contributed by atoms with Gasteiger partial charge in [-0.15, -0.1) is 0 Å². The molecule has 1 heterocycles. The van der Waals surface area contributed by atoms with Gasteiger partial charge in [-0.25, -0.2) is 0 Å². The minimum absolute atomic E-state index is 0.549. The molecule has 10 heavy (non-hydrogen) atoms. The molecule has 0 spiro atoms. The number of rotatable bonds is 2. The summed E-state index contributed by atoms with van der Waals surface area (Å²) in [5, 5.41) is 7.54. The van der Waals surface area contributed by atoms with Crippen molar-refractivity contribution in [3.05, 3.63) is 16.9 Å². The van der Waals surface area contributed by atoms with Gasteiger partial charge in [0.2, 0.25) is 0 Å². The Morgan fingerprint density at radius 3 is 2.90 bits per heavy atom. The fraction of sp³-hybridized carbons (Fsp3) is 0.500. The molecular formula is C6H10ClN3. The van der Waals surface area contributed by atoms with E-state index in [2.05, 4.69) is 10.4 Å². The molecule has 0 aromatic carbocycles. The van der Waals surface area contributed by atoms with E-state index in [1.165, 1.54) is 0 Å². The van der Waals surface area contributed by atoms with Crippen molar-refractivity contribution in [2.45, 2.75) is 6.54 Å². The van der Waals surface area contributed by atoms with Gasteiger partial charge in [-0.1, -0.05) is 11.6 Å². The van der Waals surface area contributed by atoms with Gasteiger partial charge < -0.3 is 5.32 Å². The summed E-state index contributed by atoms with van der Waals surface area (Å²) < 4.78 is 1.76. The zero-order valence-electron chi connectivity index (χ0n) is 6.06. The number of nitrogens with one attached hydrogen (secondary N) is 1. The first-order valence-corrected chi connectivity index (χ1v) is 3.45. The third kappa shape index (κ3) is 1.49. The zero-order chi connectivity index (χ0) is 7.56. The fourth-order valence-corrected chi connectivity index (χ4v) is 1.05. The molecule has 0 saturated heterocycles. The lowest BCUT2D eigenvalue weighted by Gasteiger charge is -1.97. The minimum atomic E-state index is 0.549. The topological polar surface area (TPSA) is 29.9 Å². The van der Waals surface area contributed by atoms with E-state index in [4.69, 9.17) is 11.6 Å². The normalized spacial score (nSPS) is 10.3. The molecule has 0 amide bonds. The van der Waals surface area contributed by atoms with Crippen molar-refractivity contribution in [2.24, 2.45) is 7.05 Å². The van der Waals surface area contributed by atoms with Crippen LogP contribution in [-0.4, -0.2) is 16.8 Å². The predicted octanol–water partition coefficient (Wildman–Crippen LogP) is 0.793. The van der Waals surface area contributed by atoms with Gasteiger partial charge in [0.25, 0.3) is 0 Å². The van der Waals surface area contributed by atoms with E-state index in [-0.39, 0.29) is 0 Å². The standard InChI is InChI=1S/C6H10ClN3/c1-8-4-5-3-6(7)9-10(5)2/h3,8H,4H2,1-2H3. The van der Waals surface area contributed by atoms with Gasteiger partial charge in [-0.05, 0) is 13.1 Å². The SMILES string of the molecule is CNCc1cc(Cl)nn1C. The number of aromatic nitrogens is 2. The summed E-state index contributed by atoms with van der Waals surface area (Å²) in [5.41, 5.74) is 1.09. The highest BCUT2D eigenvalue weighted by Gasteiger charge is 1.99. The lowest BCUT2D eigenvalue weighted by Crippen LogP contribution is -2.09. The molecule has 0 aliphatic heterocycles. The maximum absolute atomic E-state index is 5.64. The molecule has 1 N–H and O–H groups in total. The molecule has 0 fully saturated rings. The Morgan fingerprint density at radius 1 is 1.80 bits per heavy atom. The molecule has 0 bridgehead atoms. The van der Waals surface area contributed by atoms with Crippen LogP contribution in [-0.2, 0) is 13.6 Å². The summed E-state index contributed by atoms with van der Waals surface area (Å²) in [5.74, 6) is 0. The van der Waals surface area contributed by atoms with E-state index in [1.54, 1.807) is 4.68 Å². The van der Waals surface area contributed by atoms with Crippen LogP contribution in [0, 0.1) is 0 Å². The number of nitrogens with zero attached hydrogens (tertiary/aromatic N) is 2. The van der Waals surface area contributed by atoms with E-state index in [1.807, 2.05) is 20.2 Å². The summed E-state index contributed by atoms with van der Waals surface area (Å²) in [6.45, 7) is 0.802. The van der Waals surface area contributed by atoms with Gasteiger partial charge in [-0.2, -0.15) is 5.10 Å². The second-order valence-electron chi connectivity index (χ2n) is 2.11. The van der Waals surface area contributed by atoms with Crippen LogP contribution < -0.4 is 5.32 Å². The zero-order valence-corrected chi connectivity index (χ0v) is 6.81. The molecule has 1 aromatic rings. The monoisotopic (exact) mass is 159 g/mol. The summed E-state index contributed by atoms with van der Waals surface area (Å²) in [6, 6.07) is 1.85. The van der Waals surface area contributed by atoms with Crippen molar-refractivity contribution in [3.8, 4) is 0 Å². The molecule has 56 valence electrons. The number of hydrogen-bond donors (Lipinski definition) is 1. The highest BCUT2D eigenvalue weighted by molar-refractivity contribution is 6.29. The van der Waals surface area contributed by atoms with Crippen molar-refractivity contribution < 1.29 is 0 Å². The van der Waals surface area contributed by atoms with Gasteiger partial charge in [0.15, 0.2) is 5.15 Å². The van der Waals surface area contributed by atoms with Gasteiger partial charge in [0.05, 0.1) is 5.69 Å². The first kappa shape index (κ1) is 7.57. The largest absolute Gasteiger partial charge is 0.314 e. The molecule has 0 saturated carbocycles. The van der Waals surface area contributed by atoms with Crippen LogP contribution in [0.25, 0.3) is 0 Å². The first-order valence-electron chi connectivity index (χ1n) is 3.07. The number of hydrogen-bond acceptors (Lipinski definition) is 2. The highest BCUT2D eigenvalue weighted by Crippen LogP contribution is 2.07. The van der Waals surface area contributed by atoms with Crippen LogP contribution in [0.2, 0.25) is 5.15 Å². The Kier molecular flexibility index (Phi) is 2.29. The van der Waals surface area contributed by atoms with E-state index in [0.29, 0.717) is 5.15 Å². The Bertz CT molecular complexity index is 219. The molecule has 4 heteroatoms. The Morgan fingerprint density at radius 2 is 2.50 bits per heavy atom. The first-order chi connectivity index (χ1) is 4.74. The van der Waals surface area contributed by atoms with Crippen molar-refractivity contribution in [3.63, 3.8) is 0 Å². The Hall–Kier alpha value is -0.540. The third-order valence-corrected chi connectivity index (χ3v) is 1.49. The van der Waals surface area contributed by atoms with Crippen LogP contribution in [0.4, 0.5) is 0 Å². The Labute approximate surface area is 65.0 Å². The van der Waals surface area contributed by atoms with Gasteiger partial charge in [0.1, 0.15) is 0 Å². The molecule has 1 aromatic heterocycles. The van der Waals surface area contributed by atoms with Gasteiger partial charge in [0, 0.05) is 13.6 Å². The van der Waals surface area contributed by atoms with Crippen molar-refractivity contribution in [2.75, 3.05) is 7.05 Å². The second-order valence-corrected chi connectivity index (χ2v) is 2.50. The van der Waals surface area contributed by atoms with Crippen LogP contribution in [0.15, 0.2) is 6.07 Å². The lowest BCUT2D eigenvalue weighted by atomic mass is 10.4. The van der Waals surface area contributed by atoms with E-state index < -0.39 is 0 Å². The van der Waals surface area contributed by atoms with Crippen LogP contribution >= 0.6 is 11.6 Å². The minimum Gasteiger partial charge on any atom is -0.314 e. The summed E-state index contributed by atoms with van der Waals surface area (Å²) in [4.78, 5) is 0. The number of halogens is 1. The van der Waals surface area contributed by atoms with Crippen LogP contribution in [0.5, 0.6) is 0 Å². The van der Waals surface area contributed by atoms with Gasteiger partial charge >= 0.3 is 0 Å². The predicted molar refractivity (Wildman–Crippen MR) is 41.0 cm³/mol. The highest BCUT2D eigenvalue weighted by atomic mass is 35.5. The molecule has 0 aliphatic rings. The maximum Gasteiger partial charge on any atom is 0.151 e. The van der Waals surface area contributed by atoms with Crippen LogP contribution in [0.3, 0.4) is 0 Å². The average molecular weight is 160 g/mol. The Balaban J connectivity index is 2.81. The van der Waals surface area contributed by atoms with Crippen molar-refractivity contribution in [1.82, 2.24) is 15.1 Å². The van der Waals surface area contributed by atoms with E-state index in [9.17, 15) is 0 Å². The van der Waals surface area contributed by atoms with E-state index in [0.717, 1.165) is 12.2 Å². The molecule has 0 unspecified atom stereocenters. The molecular weight excluding hydrogens is 150 g/mol. The summed E-state index contributed by atoms with van der Waals surface area (Å²) >= 11 is 5.64. The summed E-state index contributed by atoms with van der Waals surface area (Å²) in [7, 11) is 3.76. The van der Waals surface area contributed by atoms with Crippen molar-refractivity contribution >= 4 is 11.6 Å². The molecule has 0 atom stereocenters.